The molecule has 1 atom stereocenters. The van der Waals surface area contributed by atoms with E-state index in [0.717, 1.165) is 25.5 Å². The maximum Gasteiger partial charge on any atom is 1.00 e. The summed E-state index contributed by atoms with van der Waals surface area (Å²) in [6, 6.07) is -0.281. The molecule has 0 aromatic carbocycles. The van der Waals surface area contributed by atoms with E-state index in [1.54, 1.807) is 0 Å². The zero-order valence-electron chi connectivity index (χ0n) is 7.55. The SMILES string of the molecule is NCCCC[C@H](N)C=O.[H-].[K+]. The first-order chi connectivity index (χ1) is 4.31. The molecule has 0 aliphatic rings. The number of unbranched alkanes of at least 4 members (excludes halogenated alkanes) is 1. The van der Waals surface area contributed by atoms with Crippen molar-refractivity contribution in [2.24, 2.45) is 11.5 Å². The largest absolute Gasteiger partial charge is 1.00 e. The Morgan fingerprint density at radius 1 is 1.50 bits per heavy atom. The van der Waals surface area contributed by atoms with Crippen molar-refractivity contribution in [2.75, 3.05) is 6.54 Å². The molecule has 0 radical (unpaired) electrons. The van der Waals surface area contributed by atoms with E-state index >= 15 is 0 Å². The summed E-state index contributed by atoms with van der Waals surface area (Å²) < 4.78 is 0. The van der Waals surface area contributed by atoms with Gasteiger partial charge in [0.2, 0.25) is 0 Å². The van der Waals surface area contributed by atoms with Crippen LogP contribution in [0.3, 0.4) is 0 Å². The Bertz CT molecular complexity index is 85.0. The van der Waals surface area contributed by atoms with Crippen LogP contribution in [0.2, 0.25) is 0 Å². The van der Waals surface area contributed by atoms with Gasteiger partial charge in [0.1, 0.15) is 6.29 Å². The van der Waals surface area contributed by atoms with Crippen molar-refractivity contribution in [3.05, 3.63) is 0 Å². The van der Waals surface area contributed by atoms with Gasteiger partial charge in [-0.15, -0.1) is 0 Å². The molecule has 0 heterocycles. The minimum absolute atomic E-state index is 0. The molecular formula is C6H15KN2O. The van der Waals surface area contributed by atoms with E-state index in [0.29, 0.717) is 6.54 Å². The maximum absolute atomic E-state index is 9.94. The third kappa shape index (κ3) is 9.23. The van der Waals surface area contributed by atoms with Crippen LogP contribution in [0, 0.1) is 0 Å². The topological polar surface area (TPSA) is 69.1 Å². The number of rotatable bonds is 5. The number of carbonyl (C=O) groups excluding carboxylic acids is 1. The monoisotopic (exact) mass is 170 g/mol. The zero-order valence-corrected chi connectivity index (χ0v) is 9.67. The van der Waals surface area contributed by atoms with Crippen molar-refractivity contribution in [2.45, 2.75) is 25.3 Å². The van der Waals surface area contributed by atoms with E-state index in [-0.39, 0.29) is 58.9 Å². The van der Waals surface area contributed by atoms with E-state index in [9.17, 15) is 4.79 Å². The number of nitrogens with two attached hydrogens (primary N) is 2. The summed E-state index contributed by atoms with van der Waals surface area (Å²) >= 11 is 0. The van der Waals surface area contributed by atoms with E-state index in [4.69, 9.17) is 11.5 Å². The van der Waals surface area contributed by atoms with Crippen LogP contribution < -0.4 is 62.9 Å². The smallest absolute Gasteiger partial charge is 1.00 e. The van der Waals surface area contributed by atoms with Crippen LogP contribution in [0.5, 0.6) is 0 Å². The fourth-order valence-electron chi connectivity index (χ4n) is 0.592. The first-order valence-corrected chi connectivity index (χ1v) is 3.22. The summed E-state index contributed by atoms with van der Waals surface area (Å²) in [5.74, 6) is 0. The molecule has 0 fully saturated rings. The average Bonchev–Trinajstić information content (AvgIpc) is 1.89. The third-order valence-corrected chi connectivity index (χ3v) is 1.17. The normalized spacial score (nSPS) is 11.8. The molecule has 56 valence electrons. The van der Waals surface area contributed by atoms with Crippen molar-refractivity contribution < 1.29 is 57.6 Å². The van der Waals surface area contributed by atoms with Crippen LogP contribution in [0.4, 0.5) is 0 Å². The number of hydrogen-bond acceptors (Lipinski definition) is 3. The molecule has 4 N–H and O–H groups in total. The molecule has 0 amide bonds. The summed E-state index contributed by atoms with van der Waals surface area (Å²) in [5, 5.41) is 0. The summed E-state index contributed by atoms with van der Waals surface area (Å²) in [7, 11) is 0. The molecule has 3 nitrogen and oxygen atoms in total. The molecule has 0 saturated carbocycles. The van der Waals surface area contributed by atoms with Crippen molar-refractivity contribution >= 4 is 6.29 Å². The van der Waals surface area contributed by atoms with Crippen LogP contribution >= 0.6 is 0 Å². The molecule has 0 saturated heterocycles. The molecule has 4 heteroatoms. The van der Waals surface area contributed by atoms with Gasteiger partial charge in [-0.2, -0.15) is 0 Å². The molecule has 0 rings (SSSR count). The molecule has 0 aromatic rings. The van der Waals surface area contributed by atoms with Gasteiger partial charge in [-0.25, -0.2) is 0 Å². The molecule has 0 unspecified atom stereocenters. The maximum atomic E-state index is 9.94. The van der Waals surface area contributed by atoms with Crippen LogP contribution in [0.1, 0.15) is 20.7 Å². The number of aldehydes is 1. The summed E-state index contributed by atoms with van der Waals surface area (Å²) in [6.45, 7) is 0.686. The Kier molecular flexibility index (Phi) is 14.1. The van der Waals surface area contributed by atoms with E-state index in [1.165, 1.54) is 0 Å². The first-order valence-electron chi connectivity index (χ1n) is 3.22. The summed E-state index contributed by atoms with van der Waals surface area (Å²) in [4.78, 5) is 9.94. The molecular weight excluding hydrogens is 155 g/mol. The summed E-state index contributed by atoms with van der Waals surface area (Å²) in [6.07, 6.45) is 3.45. The average molecular weight is 170 g/mol. The molecule has 0 spiro atoms. The van der Waals surface area contributed by atoms with E-state index < -0.39 is 0 Å². The molecule has 0 aromatic heterocycles. The minimum atomic E-state index is -0.281. The standard InChI is InChI=1S/C6H14N2O.K.H/c7-4-2-1-3-6(8)5-9;;/h5-6H,1-4,7-8H2;;/q;+1;-1/t6-;;/m0../s1. The van der Waals surface area contributed by atoms with Gasteiger partial charge in [0.05, 0.1) is 6.04 Å². The predicted octanol–water partition coefficient (Wildman–Crippen LogP) is -3.24. The van der Waals surface area contributed by atoms with Gasteiger partial charge in [0.25, 0.3) is 0 Å². The van der Waals surface area contributed by atoms with Gasteiger partial charge in [-0.1, -0.05) is 6.42 Å². The quantitative estimate of drug-likeness (QED) is 0.259. The first kappa shape index (κ1) is 13.8. The van der Waals surface area contributed by atoms with Crippen molar-refractivity contribution in [1.29, 1.82) is 0 Å². The van der Waals surface area contributed by atoms with Crippen molar-refractivity contribution in [3.8, 4) is 0 Å². The molecule has 0 bridgehead atoms. The molecule has 0 aliphatic heterocycles. The van der Waals surface area contributed by atoms with Crippen LogP contribution in [-0.2, 0) is 4.79 Å². The van der Waals surface area contributed by atoms with E-state index in [1.807, 2.05) is 0 Å². The van der Waals surface area contributed by atoms with Gasteiger partial charge >= 0.3 is 51.4 Å². The van der Waals surface area contributed by atoms with Gasteiger partial charge in [-0.05, 0) is 19.4 Å². The van der Waals surface area contributed by atoms with Gasteiger partial charge < -0.3 is 17.7 Å². The van der Waals surface area contributed by atoms with Crippen LogP contribution in [-0.4, -0.2) is 18.9 Å². The van der Waals surface area contributed by atoms with Gasteiger partial charge in [-0.3, -0.25) is 0 Å². The minimum Gasteiger partial charge on any atom is -1.00 e. The number of carbonyl (C=O) groups is 1. The van der Waals surface area contributed by atoms with Crippen LogP contribution in [0.25, 0.3) is 0 Å². The Balaban J connectivity index is -0.000000320. The second-order valence-corrected chi connectivity index (χ2v) is 2.08. The fourth-order valence-corrected chi connectivity index (χ4v) is 0.592. The molecule has 10 heavy (non-hydrogen) atoms. The zero-order chi connectivity index (χ0) is 7.11. The van der Waals surface area contributed by atoms with E-state index in [2.05, 4.69) is 0 Å². The fraction of sp³-hybridized carbons (Fsp3) is 0.833. The Morgan fingerprint density at radius 3 is 2.50 bits per heavy atom. The van der Waals surface area contributed by atoms with Gasteiger partial charge in [0.15, 0.2) is 0 Å². The van der Waals surface area contributed by atoms with Crippen LogP contribution in [0.15, 0.2) is 0 Å². The second kappa shape index (κ2) is 10.2. The third-order valence-electron chi connectivity index (χ3n) is 1.17. The predicted molar refractivity (Wildman–Crippen MR) is 38.1 cm³/mol. The molecule has 0 aliphatic carbocycles. The van der Waals surface area contributed by atoms with Gasteiger partial charge in [0, 0.05) is 0 Å². The second-order valence-electron chi connectivity index (χ2n) is 2.08. The summed E-state index contributed by atoms with van der Waals surface area (Å²) in [5.41, 5.74) is 10.5. The Hall–Kier alpha value is 1.23. The Morgan fingerprint density at radius 2 is 2.10 bits per heavy atom. The number of hydrogen-bond donors (Lipinski definition) is 2. The van der Waals surface area contributed by atoms with Crippen molar-refractivity contribution in [3.63, 3.8) is 0 Å². The van der Waals surface area contributed by atoms with Crippen molar-refractivity contribution in [1.82, 2.24) is 0 Å². The Labute approximate surface area is 106 Å².